The number of tetrazole rings is 1. The number of alkyl halides is 3. The number of rotatable bonds is 5. The molecular formula is C9H13F3N4O2. The predicted octanol–water partition coefficient (Wildman–Crippen LogP) is 1.38. The van der Waals surface area contributed by atoms with Crippen molar-refractivity contribution < 1.29 is 23.1 Å². The van der Waals surface area contributed by atoms with Gasteiger partial charge in [0.05, 0.1) is 0 Å². The zero-order chi connectivity index (χ0) is 14.0. The van der Waals surface area contributed by atoms with Crippen molar-refractivity contribution in [3.63, 3.8) is 0 Å². The number of halogens is 3. The minimum absolute atomic E-state index is 0.0920. The molecule has 0 atom stereocenters. The minimum atomic E-state index is -4.49. The molecule has 18 heavy (non-hydrogen) atoms. The molecule has 102 valence electrons. The van der Waals surface area contributed by atoms with E-state index in [4.69, 9.17) is 0 Å². The summed E-state index contributed by atoms with van der Waals surface area (Å²) in [4.78, 5) is 11.3. The highest BCUT2D eigenvalue weighted by Gasteiger charge is 2.42. The quantitative estimate of drug-likeness (QED) is 0.870. The molecule has 0 bridgehead atoms. The van der Waals surface area contributed by atoms with Gasteiger partial charge in [-0.25, -0.2) is 9.48 Å². The molecule has 1 aromatic rings. The maximum absolute atomic E-state index is 12.3. The fourth-order valence-corrected chi connectivity index (χ4v) is 1.77. The van der Waals surface area contributed by atoms with Crippen LogP contribution in [-0.4, -0.2) is 37.5 Å². The monoisotopic (exact) mass is 266 g/mol. The van der Waals surface area contributed by atoms with Gasteiger partial charge in [-0.05, 0) is 23.3 Å². The molecule has 0 aliphatic carbocycles. The van der Waals surface area contributed by atoms with Gasteiger partial charge >= 0.3 is 12.1 Å². The number of carbonyl (C=O) groups is 1. The molecule has 9 heteroatoms. The number of hydrogen-bond acceptors (Lipinski definition) is 4. The third-order valence-electron chi connectivity index (χ3n) is 2.87. The molecule has 1 rings (SSSR count). The first kappa shape index (κ1) is 14.4. The van der Waals surface area contributed by atoms with E-state index < -0.39 is 29.9 Å². The summed E-state index contributed by atoms with van der Waals surface area (Å²) < 4.78 is 37.8. The van der Waals surface area contributed by atoms with E-state index in [0.717, 1.165) is 4.68 Å². The summed E-state index contributed by atoms with van der Waals surface area (Å²) in [6.07, 6.45) is -5.66. The van der Waals surface area contributed by atoms with E-state index in [1.165, 1.54) is 0 Å². The molecule has 0 unspecified atom stereocenters. The molecule has 0 saturated carbocycles. The van der Waals surface area contributed by atoms with Crippen LogP contribution in [-0.2, 0) is 16.8 Å². The van der Waals surface area contributed by atoms with Crippen LogP contribution in [0.1, 0.15) is 32.5 Å². The van der Waals surface area contributed by atoms with Crippen molar-refractivity contribution in [2.45, 2.75) is 44.8 Å². The molecule has 0 saturated heterocycles. The lowest BCUT2D eigenvalue weighted by molar-refractivity contribution is -0.150. The van der Waals surface area contributed by atoms with Gasteiger partial charge in [0.2, 0.25) is 0 Å². The highest BCUT2D eigenvalue weighted by atomic mass is 19.4. The van der Waals surface area contributed by atoms with Crippen LogP contribution < -0.4 is 0 Å². The highest BCUT2D eigenvalue weighted by Crippen LogP contribution is 2.28. The van der Waals surface area contributed by atoms with E-state index in [1.807, 2.05) is 0 Å². The van der Waals surface area contributed by atoms with Gasteiger partial charge < -0.3 is 5.11 Å². The van der Waals surface area contributed by atoms with Crippen LogP contribution in [0.3, 0.4) is 0 Å². The van der Waals surface area contributed by atoms with Gasteiger partial charge in [0.25, 0.3) is 0 Å². The summed E-state index contributed by atoms with van der Waals surface area (Å²) in [5.74, 6) is -1.74. The van der Waals surface area contributed by atoms with E-state index in [1.54, 1.807) is 13.8 Å². The van der Waals surface area contributed by atoms with Crippen molar-refractivity contribution in [2.24, 2.45) is 0 Å². The van der Waals surface area contributed by atoms with Gasteiger partial charge in [0.1, 0.15) is 6.42 Å². The van der Waals surface area contributed by atoms with Crippen molar-refractivity contribution in [3.05, 3.63) is 5.82 Å². The van der Waals surface area contributed by atoms with Gasteiger partial charge in [-0.2, -0.15) is 13.2 Å². The third kappa shape index (κ3) is 2.59. The van der Waals surface area contributed by atoms with Gasteiger partial charge in [-0.1, -0.05) is 13.8 Å². The van der Waals surface area contributed by atoms with Crippen molar-refractivity contribution in [2.75, 3.05) is 0 Å². The van der Waals surface area contributed by atoms with Gasteiger partial charge in [-0.15, -0.1) is 5.10 Å². The molecule has 1 heterocycles. The lowest BCUT2D eigenvalue weighted by atomic mass is 9.93. The smallest absolute Gasteiger partial charge is 0.396 e. The van der Waals surface area contributed by atoms with E-state index in [0.29, 0.717) is 0 Å². The molecular weight excluding hydrogens is 253 g/mol. The molecule has 0 aliphatic heterocycles. The molecule has 0 spiro atoms. The van der Waals surface area contributed by atoms with E-state index in [2.05, 4.69) is 15.5 Å². The van der Waals surface area contributed by atoms with Crippen LogP contribution >= 0.6 is 0 Å². The topological polar surface area (TPSA) is 80.9 Å². The first-order valence-electron chi connectivity index (χ1n) is 5.34. The van der Waals surface area contributed by atoms with Gasteiger partial charge in [-0.3, -0.25) is 0 Å². The second-order valence-corrected chi connectivity index (χ2v) is 3.84. The van der Waals surface area contributed by atoms with E-state index >= 15 is 0 Å². The normalized spacial score (nSPS) is 12.7. The van der Waals surface area contributed by atoms with Crippen molar-refractivity contribution in [1.29, 1.82) is 0 Å². The van der Waals surface area contributed by atoms with Crippen molar-refractivity contribution >= 4 is 5.97 Å². The van der Waals surface area contributed by atoms with E-state index in [-0.39, 0.29) is 12.8 Å². The Morgan fingerprint density at radius 1 is 1.33 bits per heavy atom. The van der Waals surface area contributed by atoms with Crippen LogP contribution in [0.5, 0.6) is 0 Å². The SMILES string of the molecule is CCC(CC)(C(=O)O)n1nnnc1CC(F)(F)F. The Balaban J connectivity index is 3.23. The van der Waals surface area contributed by atoms with Crippen LogP contribution in [0.25, 0.3) is 0 Å². The minimum Gasteiger partial charge on any atom is -0.479 e. The number of carboxylic acids is 1. The second-order valence-electron chi connectivity index (χ2n) is 3.84. The Labute approximate surface area is 101 Å². The average molecular weight is 266 g/mol. The fourth-order valence-electron chi connectivity index (χ4n) is 1.77. The number of nitrogens with zero attached hydrogens (tertiary/aromatic N) is 4. The van der Waals surface area contributed by atoms with Crippen LogP contribution in [0, 0.1) is 0 Å². The van der Waals surface area contributed by atoms with Crippen LogP contribution in [0.15, 0.2) is 0 Å². The summed E-state index contributed by atoms with van der Waals surface area (Å²) in [6.45, 7) is 3.13. The maximum atomic E-state index is 12.3. The number of aromatic nitrogens is 4. The predicted molar refractivity (Wildman–Crippen MR) is 53.8 cm³/mol. The van der Waals surface area contributed by atoms with Crippen LogP contribution in [0.4, 0.5) is 13.2 Å². The molecule has 1 N–H and O–H groups in total. The standard InChI is InChI=1S/C9H13F3N4O2/c1-3-8(4-2,7(17)18)16-6(13-14-15-16)5-9(10,11)12/h3-5H2,1-2H3,(H,17,18). The number of carboxylic acid groups (broad SMARTS) is 1. The van der Waals surface area contributed by atoms with Gasteiger partial charge in [0.15, 0.2) is 11.4 Å². The number of aliphatic carboxylic acids is 1. The van der Waals surface area contributed by atoms with Crippen molar-refractivity contribution in [1.82, 2.24) is 20.2 Å². The van der Waals surface area contributed by atoms with Crippen molar-refractivity contribution in [3.8, 4) is 0 Å². The molecule has 0 aliphatic rings. The summed E-state index contributed by atoms with van der Waals surface area (Å²) in [5, 5.41) is 19.0. The molecule has 6 nitrogen and oxygen atoms in total. The van der Waals surface area contributed by atoms with E-state index in [9.17, 15) is 23.1 Å². The summed E-state index contributed by atoms with van der Waals surface area (Å²) in [6, 6.07) is 0. The summed E-state index contributed by atoms with van der Waals surface area (Å²) in [5.41, 5.74) is -1.54. The molecule has 0 fully saturated rings. The third-order valence-corrected chi connectivity index (χ3v) is 2.87. The Morgan fingerprint density at radius 3 is 2.28 bits per heavy atom. The average Bonchev–Trinajstić information content (AvgIpc) is 2.66. The zero-order valence-corrected chi connectivity index (χ0v) is 9.90. The zero-order valence-electron chi connectivity index (χ0n) is 9.90. The van der Waals surface area contributed by atoms with Crippen LogP contribution in [0.2, 0.25) is 0 Å². The lowest BCUT2D eigenvalue weighted by Crippen LogP contribution is -2.43. The largest absolute Gasteiger partial charge is 0.479 e. The molecule has 0 amide bonds. The lowest BCUT2D eigenvalue weighted by Gasteiger charge is -2.27. The maximum Gasteiger partial charge on any atom is 0.396 e. The fraction of sp³-hybridized carbons (Fsp3) is 0.778. The molecule has 0 aromatic carbocycles. The Hall–Kier alpha value is -1.67. The summed E-state index contributed by atoms with van der Waals surface area (Å²) in [7, 11) is 0. The molecule has 0 radical (unpaired) electrons. The summed E-state index contributed by atoms with van der Waals surface area (Å²) >= 11 is 0. The second kappa shape index (κ2) is 4.91. The Morgan fingerprint density at radius 2 is 1.89 bits per heavy atom. The Bertz CT molecular complexity index is 426. The number of hydrogen-bond donors (Lipinski definition) is 1. The Kier molecular flexibility index (Phi) is 3.92. The van der Waals surface area contributed by atoms with Gasteiger partial charge in [0, 0.05) is 0 Å². The first-order valence-corrected chi connectivity index (χ1v) is 5.34. The molecule has 1 aromatic heterocycles. The first-order chi connectivity index (χ1) is 8.27. The highest BCUT2D eigenvalue weighted by molar-refractivity contribution is 5.76.